The molecule has 0 fully saturated rings. The number of rotatable bonds is 2. The molecular weight excluding hydrogens is 188 g/mol. The Bertz CT molecular complexity index is 432. The van der Waals surface area contributed by atoms with Crippen LogP contribution in [-0.4, -0.2) is 22.0 Å². The first-order valence-electron chi connectivity index (χ1n) is 3.89. The van der Waals surface area contributed by atoms with Gasteiger partial charge in [0.15, 0.2) is 0 Å². The lowest BCUT2D eigenvalue weighted by molar-refractivity contribution is 0.0518. The van der Waals surface area contributed by atoms with Crippen LogP contribution in [0.1, 0.15) is 17.4 Å². The fourth-order valence-corrected chi connectivity index (χ4v) is 1.90. The molecule has 0 aliphatic heterocycles. The summed E-state index contributed by atoms with van der Waals surface area (Å²) in [6.45, 7) is 2.18. The molecule has 2 aromatic rings. The molecule has 13 heavy (non-hydrogen) atoms. The first-order chi connectivity index (χ1) is 6.33. The minimum absolute atomic E-state index is 0.299. The van der Waals surface area contributed by atoms with Gasteiger partial charge in [-0.05, 0) is 6.92 Å². The zero-order valence-corrected chi connectivity index (χ0v) is 7.87. The summed E-state index contributed by atoms with van der Waals surface area (Å²) in [5.41, 5.74) is 0.541. The van der Waals surface area contributed by atoms with Crippen molar-refractivity contribution >= 4 is 22.1 Å². The van der Waals surface area contributed by atoms with Crippen LogP contribution < -0.4 is 0 Å². The number of hydrogen-bond donors (Lipinski definition) is 0. The molecule has 0 radical (unpaired) electrons. The van der Waals surface area contributed by atoms with Crippen molar-refractivity contribution in [2.75, 3.05) is 6.61 Å². The van der Waals surface area contributed by atoms with Crippen LogP contribution in [0.2, 0.25) is 0 Å². The van der Waals surface area contributed by atoms with E-state index in [1.165, 1.54) is 11.3 Å². The summed E-state index contributed by atoms with van der Waals surface area (Å²) in [5.74, 6) is -0.299. The molecule has 0 aliphatic rings. The second-order valence-corrected chi connectivity index (χ2v) is 3.33. The van der Waals surface area contributed by atoms with Crippen LogP contribution in [-0.2, 0) is 4.74 Å². The zero-order valence-electron chi connectivity index (χ0n) is 7.06. The number of thiazole rings is 1. The maximum atomic E-state index is 11.4. The number of imidazole rings is 1. The predicted octanol–water partition coefficient (Wildman–Crippen LogP) is 1.57. The Morgan fingerprint density at radius 3 is 3.38 bits per heavy atom. The van der Waals surface area contributed by atoms with E-state index < -0.39 is 0 Å². The monoisotopic (exact) mass is 196 g/mol. The molecule has 2 rings (SSSR count). The highest BCUT2D eigenvalue weighted by molar-refractivity contribution is 7.15. The van der Waals surface area contributed by atoms with Crippen molar-refractivity contribution in [1.29, 1.82) is 0 Å². The second-order valence-electron chi connectivity index (χ2n) is 2.44. The first kappa shape index (κ1) is 8.25. The molecule has 0 aromatic carbocycles. The predicted molar refractivity (Wildman–Crippen MR) is 49.0 cm³/mol. The van der Waals surface area contributed by atoms with Crippen LogP contribution in [0.3, 0.4) is 0 Å². The van der Waals surface area contributed by atoms with Gasteiger partial charge in [-0.2, -0.15) is 0 Å². The Kier molecular flexibility index (Phi) is 2.02. The molecule has 5 heteroatoms. The largest absolute Gasteiger partial charge is 0.461 e. The average Bonchev–Trinajstić information content (AvgIpc) is 2.62. The van der Waals surface area contributed by atoms with Crippen molar-refractivity contribution < 1.29 is 9.53 Å². The quantitative estimate of drug-likeness (QED) is 0.685. The van der Waals surface area contributed by atoms with Crippen LogP contribution in [0.25, 0.3) is 4.83 Å². The minimum Gasteiger partial charge on any atom is -0.461 e. The Hall–Kier alpha value is -1.36. The van der Waals surface area contributed by atoms with Crippen LogP contribution in [0.5, 0.6) is 0 Å². The van der Waals surface area contributed by atoms with Gasteiger partial charge in [-0.1, -0.05) is 0 Å². The summed E-state index contributed by atoms with van der Waals surface area (Å²) in [5, 5.41) is 1.77. The summed E-state index contributed by atoms with van der Waals surface area (Å²) < 4.78 is 6.61. The number of carbonyl (C=O) groups excluding carboxylic acids is 1. The number of hydrogen-bond acceptors (Lipinski definition) is 4. The normalized spacial score (nSPS) is 10.5. The fourth-order valence-electron chi connectivity index (χ4n) is 1.08. The van der Waals surface area contributed by atoms with E-state index in [0.717, 1.165) is 4.83 Å². The highest BCUT2D eigenvalue weighted by atomic mass is 32.1. The van der Waals surface area contributed by atoms with Crippen molar-refractivity contribution in [2.24, 2.45) is 0 Å². The molecule has 2 heterocycles. The number of nitrogens with zero attached hydrogens (tertiary/aromatic N) is 2. The van der Waals surface area contributed by atoms with Gasteiger partial charge in [0.05, 0.1) is 12.8 Å². The van der Waals surface area contributed by atoms with Crippen LogP contribution >= 0.6 is 11.3 Å². The molecular formula is C8H8N2O2S. The molecule has 0 aliphatic carbocycles. The molecule has 68 valence electrons. The van der Waals surface area contributed by atoms with E-state index in [1.54, 1.807) is 29.2 Å². The van der Waals surface area contributed by atoms with Crippen molar-refractivity contribution in [1.82, 2.24) is 9.38 Å². The zero-order chi connectivity index (χ0) is 9.26. The van der Waals surface area contributed by atoms with Crippen molar-refractivity contribution in [3.05, 3.63) is 23.6 Å². The minimum atomic E-state index is -0.299. The van der Waals surface area contributed by atoms with E-state index >= 15 is 0 Å². The van der Waals surface area contributed by atoms with Gasteiger partial charge < -0.3 is 4.74 Å². The van der Waals surface area contributed by atoms with Crippen LogP contribution in [0.4, 0.5) is 0 Å². The van der Waals surface area contributed by atoms with Gasteiger partial charge in [0.25, 0.3) is 0 Å². The third-order valence-corrected chi connectivity index (χ3v) is 2.52. The Balaban J connectivity index is 2.42. The van der Waals surface area contributed by atoms with E-state index in [-0.39, 0.29) is 5.97 Å². The maximum Gasteiger partial charge on any atom is 0.356 e. The van der Waals surface area contributed by atoms with Gasteiger partial charge in [0.1, 0.15) is 16.9 Å². The standard InChI is InChI=1S/C8H8N2O2S/c1-2-12-8(11)6-4-13-7-3-9-5-10(6)7/h3-5H,2H2,1H3. The Morgan fingerprint density at radius 1 is 1.77 bits per heavy atom. The highest BCUT2D eigenvalue weighted by Gasteiger charge is 2.12. The van der Waals surface area contributed by atoms with Gasteiger partial charge in [0.2, 0.25) is 0 Å². The number of carbonyl (C=O) groups is 1. The summed E-state index contributed by atoms with van der Waals surface area (Å²) in [6.07, 6.45) is 3.32. The Morgan fingerprint density at radius 2 is 2.62 bits per heavy atom. The Labute approximate surface area is 78.8 Å². The van der Waals surface area contributed by atoms with Crippen LogP contribution in [0.15, 0.2) is 17.9 Å². The van der Waals surface area contributed by atoms with Gasteiger partial charge >= 0.3 is 5.97 Å². The molecule has 0 spiro atoms. The van der Waals surface area contributed by atoms with Gasteiger partial charge in [0, 0.05) is 5.38 Å². The lowest BCUT2D eigenvalue weighted by atomic mass is 10.5. The topological polar surface area (TPSA) is 43.6 Å². The molecule has 0 unspecified atom stereocenters. The van der Waals surface area contributed by atoms with Gasteiger partial charge in [-0.3, -0.25) is 4.40 Å². The summed E-state index contributed by atoms with van der Waals surface area (Å²) >= 11 is 1.47. The molecule has 0 saturated carbocycles. The summed E-state index contributed by atoms with van der Waals surface area (Å²) in [6, 6.07) is 0. The van der Waals surface area contributed by atoms with Crippen LogP contribution in [0, 0.1) is 0 Å². The van der Waals surface area contributed by atoms with Gasteiger partial charge in [-0.25, -0.2) is 9.78 Å². The third-order valence-electron chi connectivity index (χ3n) is 1.64. The van der Waals surface area contributed by atoms with E-state index in [1.807, 2.05) is 0 Å². The van der Waals surface area contributed by atoms with E-state index in [2.05, 4.69) is 4.98 Å². The average molecular weight is 196 g/mol. The van der Waals surface area contributed by atoms with E-state index in [0.29, 0.717) is 12.3 Å². The number of aromatic nitrogens is 2. The number of fused-ring (bicyclic) bond motifs is 1. The molecule has 0 atom stereocenters. The maximum absolute atomic E-state index is 11.4. The molecule has 4 nitrogen and oxygen atoms in total. The summed E-state index contributed by atoms with van der Waals surface area (Å²) in [4.78, 5) is 16.2. The molecule has 0 amide bonds. The number of ether oxygens (including phenoxy) is 1. The lowest BCUT2D eigenvalue weighted by Crippen LogP contribution is -2.06. The highest BCUT2D eigenvalue weighted by Crippen LogP contribution is 2.16. The van der Waals surface area contributed by atoms with E-state index in [9.17, 15) is 4.79 Å². The van der Waals surface area contributed by atoms with Gasteiger partial charge in [-0.15, -0.1) is 11.3 Å². The van der Waals surface area contributed by atoms with E-state index in [4.69, 9.17) is 4.74 Å². The molecule has 0 saturated heterocycles. The van der Waals surface area contributed by atoms with Crippen molar-refractivity contribution in [3.8, 4) is 0 Å². The SMILES string of the molecule is CCOC(=O)c1csc2cncn12. The van der Waals surface area contributed by atoms with Crippen molar-refractivity contribution in [2.45, 2.75) is 6.92 Å². The molecule has 0 N–H and O–H groups in total. The third kappa shape index (κ3) is 1.31. The summed E-state index contributed by atoms with van der Waals surface area (Å²) in [7, 11) is 0. The number of esters is 1. The van der Waals surface area contributed by atoms with Crippen molar-refractivity contribution in [3.63, 3.8) is 0 Å². The smallest absolute Gasteiger partial charge is 0.356 e. The second kappa shape index (κ2) is 3.18. The lowest BCUT2D eigenvalue weighted by Gasteiger charge is -1.98. The molecule has 0 bridgehead atoms. The first-order valence-corrected chi connectivity index (χ1v) is 4.77. The molecule has 2 aromatic heterocycles. The fraction of sp³-hybridized carbons (Fsp3) is 0.250.